The van der Waals surface area contributed by atoms with Gasteiger partial charge in [0.2, 0.25) is 0 Å². The maximum atomic E-state index is 7.21. The zero-order valence-corrected chi connectivity index (χ0v) is 44.6. The van der Waals surface area contributed by atoms with Gasteiger partial charge in [-0.15, -0.1) is 11.3 Å². The summed E-state index contributed by atoms with van der Waals surface area (Å²) in [4.78, 5) is 2.74. The van der Waals surface area contributed by atoms with Crippen LogP contribution in [-0.2, 0) is 27.1 Å². The molecular weight excluding hydrogens is 892 g/mol. The molecule has 0 atom stereocenters. The fourth-order valence-electron chi connectivity index (χ4n) is 14.2. The van der Waals surface area contributed by atoms with Gasteiger partial charge in [-0.3, -0.25) is 0 Å². The average molecular weight is 953 g/mol. The third kappa shape index (κ3) is 5.43. The van der Waals surface area contributed by atoms with Gasteiger partial charge in [-0.25, -0.2) is 0 Å². The zero-order chi connectivity index (χ0) is 49.5. The van der Waals surface area contributed by atoms with Crippen molar-refractivity contribution in [2.24, 2.45) is 0 Å². The van der Waals surface area contributed by atoms with E-state index in [4.69, 9.17) is 4.42 Å². The van der Waals surface area contributed by atoms with Gasteiger partial charge in [-0.05, 0) is 151 Å². The summed E-state index contributed by atoms with van der Waals surface area (Å²) in [7, 11) is 0. The quantitative estimate of drug-likeness (QED) is 0.153. The Morgan fingerprint density at radius 1 is 0.542 bits per heavy atom. The molecule has 5 heterocycles. The second-order valence-electron chi connectivity index (χ2n) is 26.0. The molecule has 8 aromatic carbocycles. The van der Waals surface area contributed by atoms with Crippen LogP contribution in [0.25, 0.3) is 91.9 Å². The molecule has 0 bridgehead atoms. The summed E-state index contributed by atoms with van der Waals surface area (Å²) < 4.78 is 12.6. The predicted molar refractivity (Wildman–Crippen MR) is 310 cm³/mol. The van der Waals surface area contributed by atoms with E-state index in [0.717, 1.165) is 17.6 Å². The molecule has 15 rings (SSSR count). The highest BCUT2D eigenvalue weighted by molar-refractivity contribution is 7.27. The van der Waals surface area contributed by atoms with Crippen molar-refractivity contribution < 1.29 is 4.42 Å². The molecule has 11 aromatic rings. The van der Waals surface area contributed by atoms with Crippen molar-refractivity contribution in [3.05, 3.63) is 161 Å². The molecule has 354 valence electrons. The van der Waals surface area contributed by atoms with Crippen molar-refractivity contribution in [3.63, 3.8) is 0 Å². The summed E-state index contributed by atoms with van der Waals surface area (Å²) in [6.07, 6.45) is 2.33. The molecule has 0 saturated heterocycles. The highest BCUT2D eigenvalue weighted by Gasteiger charge is 2.48. The van der Waals surface area contributed by atoms with E-state index >= 15 is 0 Å². The van der Waals surface area contributed by atoms with Crippen molar-refractivity contribution in [1.29, 1.82) is 0 Å². The number of hydrogen-bond donors (Lipinski definition) is 0. The van der Waals surface area contributed by atoms with Crippen LogP contribution in [0, 0.1) is 0 Å². The van der Waals surface area contributed by atoms with Crippen LogP contribution in [0.3, 0.4) is 0 Å². The monoisotopic (exact) mass is 952 g/mol. The fraction of sp³-hybridized carbons (Fsp3) is 0.284. The van der Waals surface area contributed by atoms with Crippen LogP contribution in [0.2, 0.25) is 0 Å². The Bertz CT molecular complexity index is 4270. The van der Waals surface area contributed by atoms with Gasteiger partial charge in [0, 0.05) is 75.3 Å². The van der Waals surface area contributed by atoms with E-state index in [-0.39, 0.29) is 33.9 Å². The highest BCUT2D eigenvalue weighted by atomic mass is 32.1. The van der Waals surface area contributed by atoms with E-state index in [1.807, 2.05) is 11.3 Å². The first-order valence-corrected chi connectivity index (χ1v) is 27.2. The smallest absolute Gasteiger partial charge is 0.333 e. The minimum absolute atomic E-state index is 0.0122. The van der Waals surface area contributed by atoms with Crippen molar-refractivity contribution in [2.75, 3.05) is 4.81 Å². The maximum absolute atomic E-state index is 7.21. The minimum atomic E-state index is -0.167. The molecule has 5 heteroatoms. The Hall–Kier alpha value is -6.56. The molecule has 2 aliphatic heterocycles. The minimum Gasteiger partial charge on any atom is -0.456 e. The number of nitrogens with zero attached hydrogens (tertiary/aromatic N) is 2. The topological polar surface area (TPSA) is 21.3 Å². The first-order chi connectivity index (χ1) is 34.2. The number of anilines is 2. The van der Waals surface area contributed by atoms with Crippen molar-refractivity contribution >= 4 is 104 Å². The number of benzene rings is 8. The van der Waals surface area contributed by atoms with Crippen LogP contribution in [0.1, 0.15) is 129 Å². The van der Waals surface area contributed by atoms with Crippen LogP contribution in [0.5, 0.6) is 0 Å². The van der Waals surface area contributed by atoms with E-state index in [1.54, 1.807) is 0 Å². The number of rotatable bonds is 1. The lowest BCUT2D eigenvalue weighted by Crippen LogP contribution is -2.60. The molecule has 0 fully saturated rings. The molecule has 4 aliphatic rings. The van der Waals surface area contributed by atoms with Gasteiger partial charge in [0.15, 0.2) is 0 Å². The van der Waals surface area contributed by atoms with E-state index < -0.39 is 0 Å². The first kappa shape index (κ1) is 43.1. The summed E-state index contributed by atoms with van der Waals surface area (Å²) in [5.74, 6) is 0. The fourth-order valence-corrected chi connectivity index (χ4v) is 15.5. The van der Waals surface area contributed by atoms with E-state index in [0.29, 0.717) is 0 Å². The van der Waals surface area contributed by atoms with Gasteiger partial charge in [-0.1, -0.05) is 150 Å². The van der Waals surface area contributed by atoms with Gasteiger partial charge in [0.25, 0.3) is 0 Å². The van der Waals surface area contributed by atoms with Crippen LogP contribution in [-0.4, -0.2) is 11.4 Å². The largest absolute Gasteiger partial charge is 0.456 e. The van der Waals surface area contributed by atoms with E-state index in [9.17, 15) is 0 Å². The maximum Gasteiger partial charge on any atom is 0.333 e. The molecule has 0 radical (unpaired) electrons. The number of aromatic nitrogens is 1. The van der Waals surface area contributed by atoms with Crippen molar-refractivity contribution in [2.45, 2.75) is 123 Å². The molecule has 72 heavy (non-hydrogen) atoms. The second kappa shape index (κ2) is 13.5. The average Bonchev–Trinajstić information content (AvgIpc) is 4.07. The summed E-state index contributed by atoms with van der Waals surface area (Å²) >= 11 is 1.97. The number of hydrogen-bond acceptors (Lipinski definition) is 3. The van der Waals surface area contributed by atoms with Crippen molar-refractivity contribution in [1.82, 2.24) is 4.57 Å². The molecule has 3 nitrogen and oxygen atoms in total. The SMILES string of the molecule is CC(C)(C)c1ccc(N2B3c4cc5c(cc4-n4c6ccc(C(C)(C)C)cc6c6c7c(sc8ccccc87)c(c3c64)-c3cc4oc6cc7c(cc6c4cc32)C(C)(C)CCC7(C)C)C(C)(C)c2ccccc2-5)cc1. The lowest BCUT2D eigenvalue weighted by Gasteiger charge is -2.42. The Labute approximate surface area is 427 Å². The van der Waals surface area contributed by atoms with Crippen LogP contribution in [0.15, 0.2) is 132 Å². The Morgan fingerprint density at radius 3 is 1.96 bits per heavy atom. The summed E-state index contributed by atoms with van der Waals surface area (Å²) in [6.45, 7) is 28.5. The lowest BCUT2D eigenvalue weighted by atomic mass is 9.43. The summed E-state index contributed by atoms with van der Waals surface area (Å²) in [5.41, 5.74) is 24.6. The Kier molecular flexibility index (Phi) is 8.10. The second-order valence-corrected chi connectivity index (χ2v) is 27.0. The Morgan fingerprint density at radius 2 is 1.21 bits per heavy atom. The third-order valence-corrected chi connectivity index (χ3v) is 19.5. The van der Waals surface area contributed by atoms with Crippen LogP contribution < -0.4 is 15.7 Å². The summed E-state index contributed by atoms with van der Waals surface area (Å²) in [5, 5.41) is 7.79. The van der Waals surface area contributed by atoms with E-state index in [2.05, 4.69) is 220 Å². The first-order valence-electron chi connectivity index (χ1n) is 26.4. The molecule has 0 N–H and O–H groups in total. The molecule has 2 aliphatic carbocycles. The normalized spacial score (nSPS) is 17.1. The van der Waals surface area contributed by atoms with E-state index in [1.165, 1.54) is 143 Å². The lowest BCUT2D eigenvalue weighted by molar-refractivity contribution is 0.332. The number of thiophene rings is 1. The van der Waals surface area contributed by atoms with Gasteiger partial charge >= 0.3 is 6.85 Å². The van der Waals surface area contributed by atoms with Crippen LogP contribution >= 0.6 is 11.3 Å². The van der Waals surface area contributed by atoms with Gasteiger partial charge in [0.1, 0.15) is 11.2 Å². The standard InChI is InChI=1S/C67H61BN2OS/c1-63(2,3)36-21-24-38(25-22-36)70-52-32-43-42-30-48-49(66(9,10)28-27-65(48,7)8)35-55(42)71-54(43)33-45(52)59-60-61-57(58-40-18-14-16-20-56(40)72-62(58)59)44-29-37(64(4,5)6)23-26-51(44)69(61)53-34-47-41(31-50(53)68(60)70)39-17-13-15-19-46(39)67(47,11)12/h13-26,29-35H,27-28H2,1-12H3. The third-order valence-electron chi connectivity index (χ3n) is 18.3. The molecule has 0 saturated carbocycles. The molecule has 0 amide bonds. The predicted octanol–water partition coefficient (Wildman–Crippen LogP) is 17.5. The van der Waals surface area contributed by atoms with Gasteiger partial charge < -0.3 is 13.8 Å². The highest BCUT2D eigenvalue weighted by Crippen LogP contribution is 2.57. The summed E-state index contributed by atoms with van der Waals surface area (Å²) in [6, 6.07) is 50.4. The van der Waals surface area contributed by atoms with Gasteiger partial charge in [-0.2, -0.15) is 0 Å². The molecule has 0 spiro atoms. The number of fused-ring (bicyclic) bond motifs is 20. The van der Waals surface area contributed by atoms with Gasteiger partial charge in [0.05, 0.1) is 11.0 Å². The Balaban J connectivity index is 1.16. The molecule has 3 aromatic heterocycles. The van der Waals surface area contributed by atoms with Crippen LogP contribution in [0.4, 0.5) is 11.4 Å². The zero-order valence-electron chi connectivity index (χ0n) is 43.8. The number of furan rings is 1. The van der Waals surface area contributed by atoms with Crippen molar-refractivity contribution in [3.8, 4) is 27.9 Å². The molecule has 0 unspecified atom stereocenters. The molecular formula is C67H61BN2OS.